The Hall–Kier alpha value is -2.21. The van der Waals surface area contributed by atoms with E-state index in [2.05, 4.69) is 41.1 Å². The van der Waals surface area contributed by atoms with Gasteiger partial charge in [0.05, 0.1) is 6.04 Å². The summed E-state index contributed by atoms with van der Waals surface area (Å²) in [6.45, 7) is 8.02. The molecule has 2 heterocycles. The first-order valence-corrected chi connectivity index (χ1v) is 8.98. The quantitative estimate of drug-likeness (QED) is 0.904. The first-order chi connectivity index (χ1) is 12.0. The summed E-state index contributed by atoms with van der Waals surface area (Å²) in [6.07, 6.45) is 1.85. The van der Waals surface area contributed by atoms with E-state index in [1.165, 1.54) is 0 Å². The van der Waals surface area contributed by atoms with Crippen LogP contribution in [0.5, 0.6) is 0 Å². The minimum Gasteiger partial charge on any atom is -0.349 e. The fourth-order valence-electron chi connectivity index (χ4n) is 3.10. The fraction of sp³-hybridized carbons (Fsp3) is 0.526. The molecule has 1 aliphatic heterocycles. The average molecular weight is 342 g/mol. The third kappa shape index (κ3) is 4.25. The van der Waals surface area contributed by atoms with Crippen LogP contribution < -0.4 is 5.32 Å². The molecular weight excluding hydrogens is 316 g/mol. The van der Waals surface area contributed by atoms with E-state index in [4.69, 9.17) is 4.52 Å². The number of carbonyl (C=O) groups excluding carboxylic acids is 1. The molecule has 6 nitrogen and oxygen atoms in total. The van der Waals surface area contributed by atoms with Crippen molar-refractivity contribution in [3.63, 3.8) is 0 Å². The summed E-state index contributed by atoms with van der Waals surface area (Å²) in [5.41, 5.74) is 0.713. The van der Waals surface area contributed by atoms with Crippen molar-refractivity contribution in [3.8, 4) is 0 Å². The Bertz CT molecular complexity index is 690. The summed E-state index contributed by atoms with van der Waals surface area (Å²) >= 11 is 0. The Kier molecular flexibility index (Phi) is 5.48. The van der Waals surface area contributed by atoms with Crippen molar-refractivity contribution in [3.05, 3.63) is 47.6 Å². The first-order valence-electron chi connectivity index (χ1n) is 8.98. The zero-order chi connectivity index (χ0) is 17.8. The van der Waals surface area contributed by atoms with Gasteiger partial charge < -0.3 is 9.84 Å². The number of amides is 1. The molecule has 1 atom stereocenters. The molecule has 0 radical (unpaired) electrons. The lowest BCUT2D eigenvalue weighted by Gasteiger charge is -2.34. The van der Waals surface area contributed by atoms with E-state index >= 15 is 0 Å². The lowest BCUT2D eigenvalue weighted by molar-refractivity contribution is 0.0881. The minimum absolute atomic E-state index is 0.00516. The van der Waals surface area contributed by atoms with Crippen LogP contribution in [0.2, 0.25) is 0 Å². The van der Waals surface area contributed by atoms with Crippen LogP contribution in [-0.2, 0) is 0 Å². The summed E-state index contributed by atoms with van der Waals surface area (Å²) in [5.74, 6) is 1.71. The average Bonchev–Trinajstić information content (AvgIpc) is 3.13. The van der Waals surface area contributed by atoms with Crippen molar-refractivity contribution < 1.29 is 9.32 Å². The summed E-state index contributed by atoms with van der Waals surface area (Å²) in [7, 11) is 0. The van der Waals surface area contributed by atoms with Crippen molar-refractivity contribution in [1.82, 2.24) is 20.4 Å². The molecule has 0 spiro atoms. The van der Waals surface area contributed by atoms with E-state index in [0.29, 0.717) is 11.5 Å². The maximum atomic E-state index is 12.3. The van der Waals surface area contributed by atoms with Gasteiger partial charge in [-0.1, -0.05) is 37.2 Å². The fourth-order valence-corrected chi connectivity index (χ4v) is 3.10. The van der Waals surface area contributed by atoms with Crippen molar-refractivity contribution in [1.29, 1.82) is 0 Å². The van der Waals surface area contributed by atoms with Crippen molar-refractivity contribution in [2.45, 2.75) is 51.6 Å². The molecule has 1 fully saturated rings. The summed E-state index contributed by atoms with van der Waals surface area (Å²) < 4.78 is 5.42. The molecule has 0 bridgehead atoms. The second-order valence-corrected chi connectivity index (χ2v) is 6.97. The number of carbonyl (C=O) groups is 1. The molecule has 1 unspecified atom stereocenters. The first kappa shape index (κ1) is 17.6. The SMILES string of the molecule is CC(C)c1noc(C(C)N2CCC(NC(=O)c3ccccc3)CC2)n1. The summed E-state index contributed by atoms with van der Waals surface area (Å²) in [5, 5.41) is 7.19. The number of rotatable bonds is 5. The second kappa shape index (κ2) is 7.78. The predicted octanol–water partition coefficient (Wildman–Crippen LogP) is 3.15. The van der Waals surface area contributed by atoms with E-state index in [9.17, 15) is 4.79 Å². The van der Waals surface area contributed by atoms with Gasteiger partial charge in [-0.2, -0.15) is 4.98 Å². The molecule has 0 aliphatic carbocycles. The Balaban J connectivity index is 1.52. The van der Waals surface area contributed by atoms with Crippen LogP contribution in [0.1, 0.15) is 67.6 Å². The van der Waals surface area contributed by atoms with Gasteiger partial charge in [0.15, 0.2) is 5.82 Å². The predicted molar refractivity (Wildman–Crippen MR) is 95.3 cm³/mol. The zero-order valence-corrected chi connectivity index (χ0v) is 15.1. The van der Waals surface area contributed by atoms with Crippen molar-refractivity contribution in [2.75, 3.05) is 13.1 Å². The molecule has 0 saturated carbocycles. The summed E-state index contributed by atoms with van der Waals surface area (Å²) in [6, 6.07) is 9.68. The molecular formula is C19H26N4O2. The van der Waals surface area contributed by atoms with Gasteiger partial charge >= 0.3 is 0 Å². The zero-order valence-electron chi connectivity index (χ0n) is 15.1. The number of nitrogens with one attached hydrogen (secondary N) is 1. The third-order valence-corrected chi connectivity index (χ3v) is 4.78. The van der Waals surface area contributed by atoms with Crippen molar-refractivity contribution in [2.24, 2.45) is 0 Å². The number of piperidine rings is 1. The largest absolute Gasteiger partial charge is 0.349 e. The maximum absolute atomic E-state index is 12.3. The van der Waals surface area contributed by atoms with E-state index in [1.807, 2.05) is 30.3 Å². The topological polar surface area (TPSA) is 71.3 Å². The number of aromatic nitrogens is 2. The van der Waals surface area contributed by atoms with Gasteiger partial charge in [0.1, 0.15) is 0 Å². The van der Waals surface area contributed by atoms with Crippen LogP contribution >= 0.6 is 0 Å². The molecule has 1 amide bonds. The molecule has 1 aromatic carbocycles. The minimum atomic E-state index is 0.00516. The highest BCUT2D eigenvalue weighted by molar-refractivity contribution is 5.94. The second-order valence-electron chi connectivity index (χ2n) is 6.97. The highest BCUT2D eigenvalue weighted by Gasteiger charge is 2.27. The molecule has 25 heavy (non-hydrogen) atoms. The number of hydrogen-bond acceptors (Lipinski definition) is 5. The number of hydrogen-bond donors (Lipinski definition) is 1. The molecule has 1 N–H and O–H groups in total. The molecule has 6 heteroatoms. The highest BCUT2D eigenvalue weighted by Crippen LogP contribution is 2.24. The highest BCUT2D eigenvalue weighted by atomic mass is 16.5. The van der Waals surface area contributed by atoms with Gasteiger partial charge in [-0.05, 0) is 31.9 Å². The monoisotopic (exact) mass is 342 g/mol. The van der Waals surface area contributed by atoms with Crippen LogP contribution in [0.15, 0.2) is 34.9 Å². The van der Waals surface area contributed by atoms with Crippen LogP contribution in [0.3, 0.4) is 0 Å². The van der Waals surface area contributed by atoms with E-state index < -0.39 is 0 Å². The number of benzene rings is 1. The maximum Gasteiger partial charge on any atom is 0.251 e. The van der Waals surface area contributed by atoms with E-state index in [-0.39, 0.29) is 23.9 Å². The van der Waals surface area contributed by atoms with Crippen LogP contribution in [0.4, 0.5) is 0 Å². The smallest absolute Gasteiger partial charge is 0.251 e. The van der Waals surface area contributed by atoms with E-state index in [1.54, 1.807) is 0 Å². The number of nitrogens with zero attached hydrogens (tertiary/aromatic N) is 3. The van der Waals surface area contributed by atoms with Crippen LogP contribution in [0, 0.1) is 0 Å². The molecule has 2 aromatic rings. The number of likely N-dealkylation sites (tertiary alicyclic amines) is 1. The van der Waals surface area contributed by atoms with Gasteiger partial charge in [0.25, 0.3) is 5.91 Å². The molecule has 1 aliphatic rings. The van der Waals surface area contributed by atoms with Gasteiger partial charge in [-0.15, -0.1) is 0 Å². The normalized spacial score (nSPS) is 17.6. The van der Waals surface area contributed by atoms with Crippen LogP contribution in [0.25, 0.3) is 0 Å². The van der Waals surface area contributed by atoms with Crippen LogP contribution in [-0.4, -0.2) is 40.1 Å². The van der Waals surface area contributed by atoms with Gasteiger partial charge in [-0.25, -0.2) is 0 Å². The van der Waals surface area contributed by atoms with Crippen molar-refractivity contribution >= 4 is 5.91 Å². The molecule has 134 valence electrons. The van der Waals surface area contributed by atoms with Gasteiger partial charge in [-0.3, -0.25) is 9.69 Å². The third-order valence-electron chi connectivity index (χ3n) is 4.78. The Morgan fingerprint density at radius 2 is 1.88 bits per heavy atom. The summed E-state index contributed by atoms with van der Waals surface area (Å²) in [4.78, 5) is 19.1. The Morgan fingerprint density at radius 1 is 1.20 bits per heavy atom. The lowest BCUT2D eigenvalue weighted by atomic mass is 10.0. The Morgan fingerprint density at radius 3 is 2.48 bits per heavy atom. The standard InChI is InChI=1S/C19H26N4O2/c1-13(2)17-21-19(25-22-17)14(3)23-11-9-16(10-12-23)20-18(24)15-7-5-4-6-8-15/h4-8,13-14,16H,9-12H2,1-3H3,(H,20,24). The Labute approximate surface area is 148 Å². The van der Waals surface area contributed by atoms with E-state index in [0.717, 1.165) is 31.8 Å². The lowest BCUT2D eigenvalue weighted by Crippen LogP contribution is -2.45. The van der Waals surface area contributed by atoms with Gasteiger partial charge in [0, 0.05) is 30.6 Å². The molecule has 1 aromatic heterocycles. The molecule has 3 rings (SSSR count). The van der Waals surface area contributed by atoms with Gasteiger partial charge in [0.2, 0.25) is 5.89 Å². The molecule has 1 saturated heterocycles.